The molecule has 6 nitrogen and oxygen atoms in total. The molecule has 0 unspecified atom stereocenters. The molecule has 19 heavy (non-hydrogen) atoms. The Labute approximate surface area is 111 Å². The van der Waals surface area contributed by atoms with E-state index in [0.29, 0.717) is 18.7 Å². The minimum atomic E-state index is -1.09. The number of hydrogen-bond acceptors (Lipinski definition) is 4. The maximum Gasteiger partial charge on any atom is 0.337 e. The van der Waals surface area contributed by atoms with E-state index in [1.165, 1.54) is 18.2 Å². The van der Waals surface area contributed by atoms with Crippen LogP contribution in [0.25, 0.3) is 0 Å². The second kappa shape index (κ2) is 5.27. The van der Waals surface area contributed by atoms with Gasteiger partial charge in [-0.3, -0.25) is 4.79 Å². The van der Waals surface area contributed by atoms with Crippen molar-refractivity contribution in [2.45, 2.75) is 0 Å². The Bertz CT molecular complexity index is 508. The largest absolute Gasteiger partial charge is 0.478 e. The first-order chi connectivity index (χ1) is 8.99. The number of nitrogen functional groups attached to an aromatic ring is 1. The van der Waals surface area contributed by atoms with Gasteiger partial charge in [-0.05, 0) is 25.2 Å². The maximum atomic E-state index is 12.2. The van der Waals surface area contributed by atoms with Gasteiger partial charge < -0.3 is 20.6 Å². The number of anilines is 1. The molecule has 1 aromatic rings. The van der Waals surface area contributed by atoms with E-state index in [4.69, 9.17) is 10.8 Å². The zero-order valence-electron chi connectivity index (χ0n) is 10.8. The van der Waals surface area contributed by atoms with Crippen LogP contribution in [0.1, 0.15) is 20.7 Å². The number of carbonyl (C=O) groups is 2. The first-order valence-electron chi connectivity index (χ1n) is 6.09. The van der Waals surface area contributed by atoms with Gasteiger partial charge in [-0.15, -0.1) is 0 Å². The molecule has 1 aliphatic rings. The van der Waals surface area contributed by atoms with E-state index in [9.17, 15) is 9.59 Å². The van der Waals surface area contributed by atoms with Crippen molar-refractivity contribution in [2.75, 3.05) is 39.0 Å². The molecule has 3 N–H and O–H groups in total. The predicted octanol–water partition coefficient (Wildman–Crippen LogP) is 0.355. The molecule has 6 heteroatoms. The van der Waals surface area contributed by atoms with Gasteiger partial charge in [-0.25, -0.2) is 4.79 Å². The zero-order valence-corrected chi connectivity index (χ0v) is 10.8. The van der Waals surface area contributed by atoms with Crippen LogP contribution in [-0.2, 0) is 0 Å². The first-order valence-corrected chi connectivity index (χ1v) is 6.09. The summed E-state index contributed by atoms with van der Waals surface area (Å²) < 4.78 is 0. The predicted molar refractivity (Wildman–Crippen MR) is 71.2 cm³/mol. The van der Waals surface area contributed by atoms with Gasteiger partial charge in [0.1, 0.15) is 0 Å². The fourth-order valence-electron chi connectivity index (χ4n) is 2.08. The van der Waals surface area contributed by atoms with Crippen LogP contribution in [0.4, 0.5) is 5.69 Å². The minimum Gasteiger partial charge on any atom is -0.478 e. The quantitative estimate of drug-likeness (QED) is 0.752. The number of nitrogens with two attached hydrogens (primary N) is 1. The third-order valence-corrected chi connectivity index (χ3v) is 3.32. The number of aromatic carboxylic acids is 1. The summed E-state index contributed by atoms with van der Waals surface area (Å²) >= 11 is 0. The van der Waals surface area contributed by atoms with Crippen LogP contribution in [-0.4, -0.2) is 60.0 Å². The van der Waals surface area contributed by atoms with Crippen LogP contribution in [0.15, 0.2) is 18.2 Å². The van der Waals surface area contributed by atoms with Gasteiger partial charge in [0.2, 0.25) is 0 Å². The highest BCUT2D eigenvalue weighted by Gasteiger charge is 2.21. The Morgan fingerprint density at radius 2 is 1.84 bits per heavy atom. The normalized spacial score (nSPS) is 16.4. The smallest absolute Gasteiger partial charge is 0.337 e. The lowest BCUT2D eigenvalue weighted by molar-refractivity contribution is 0.0659. The summed E-state index contributed by atoms with van der Waals surface area (Å²) in [6.07, 6.45) is 0. The van der Waals surface area contributed by atoms with Crippen LogP contribution in [0.2, 0.25) is 0 Å². The third kappa shape index (κ3) is 2.85. The molecule has 1 saturated heterocycles. The summed E-state index contributed by atoms with van der Waals surface area (Å²) in [5.74, 6) is -1.19. The molecular formula is C13H17N3O3. The number of amides is 1. The molecule has 1 heterocycles. The Balaban J connectivity index is 2.16. The summed E-state index contributed by atoms with van der Waals surface area (Å²) in [6.45, 7) is 3.04. The van der Waals surface area contributed by atoms with Gasteiger partial charge in [-0.1, -0.05) is 0 Å². The second-order valence-corrected chi connectivity index (χ2v) is 4.70. The molecule has 2 rings (SSSR count). The van der Waals surface area contributed by atoms with Crippen LogP contribution in [0.5, 0.6) is 0 Å². The average molecular weight is 263 g/mol. The van der Waals surface area contributed by atoms with Crippen molar-refractivity contribution >= 4 is 17.6 Å². The van der Waals surface area contributed by atoms with Crippen molar-refractivity contribution in [1.82, 2.24) is 9.80 Å². The Morgan fingerprint density at radius 1 is 1.21 bits per heavy atom. The minimum absolute atomic E-state index is 0.0231. The van der Waals surface area contributed by atoms with Crippen LogP contribution >= 0.6 is 0 Å². The summed E-state index contributed by atoms with van der Waals surface area (Å²) in [4.78, 5) is 27.0. The molecule has 0 aliphatic carbocycles. The number of piperazine rings is 1. The molecule has 0 saturated carbocycles. The number of benzene rings is 1. The average Bonchev–Trinajstić information content (AvgIpc) is 2.38. The first kappa shape index (κ1) is 13.4. The van der Waals surface area contributed by atoms with Crippen LogP contribution < -0.4 is 5.73 Å². The van der Waals surface area contributed by atoms with E-state index >= 15 is 0 Å². The number of carbonyl (C=O) groups excluding carboxylic acids is 1. The standard InChI is InChI=1S/C13H17N3O3/c1-15-4-6-16(7-5-15)12(17)9-2-3-10(13(18)19)11(14)8-9/h2-3,8H,4-7,14H2,1H3,(H,18,19). The molecule has 0 bridgehead atoms. The number of nitrogens with zero attached hydrogens (tertiary/aromatic N) is 2. The maximum absolute atomic E-state index is 12.2. The molecule has 0 atom stereocenters. The highest BCUT2D eigenvalue weighted by Crippen LogP contribution is 2.16. The van der Waals surface area contributed by atoms with Crippen molar-refractivity contribution in [1.29, 1.82) is 0 Å². The van der Waals surface area contributed by atoms with Crippen molar-refractivity contribution in [3.05, 3.63) is 29.3 Å². The molecular weight excluding hydrogens is 246 g/mol. The fraction of sp³-hybridized carbons (Fsp3) is 0.385. The Kier molecular flexibility index (Phi) is 3.71. The van der Waals surface area contributed by atoms with Crippen molar-refractivity contribution < 1.29 is 14.7 Å². The number of hydrogen-bond donors (Lipinski definition) is 2. The summed E-state index contributed by atoms with van der Waals surface area (Å²) in [7, 11) is 2.02. The van der Waals surface area contributed by atoms with Crippen molar-refractivity contribution in [2.24, 2.45) is 0 Å². The molecule has 102 valence electrons. The monoisotopic (exact) mass is 263 g/mol. The number of rotatable bonds is 2. The second-order valence-electron chi connectivity index (χ2n) is 4.70. The molecule has 0 aromatic heterocycles. The molecule has 1 aliphatic heterocycles. The van der Waals surface area contributed by atoms with E-state index in [1.54, 1.807) is 4.90 Å². The lowest BCUT2D eigenvalue weighted by Gasteiger charge is -2.32. The van der Waals surface area contributed by atoms with Gasteiger partial charge >= 0.3 is 5.97 Å². The van der Waals surface area contributed by atoms with Gasteiger partial charge in [-0.2, -0.15) is 0 Å². The molecule has 1 amide bonds. The van der Waals surface area contributed by atoms with Crippen LogP contribution in [0.3, 0.4) is 0 Å². The fourth-order valence-corrected chi connectivity index (χ4v) is 2.08. The molecule has 0 spiro atoms. The lowest BCUT2D eigenvalue weighted by Crippen LogP contribution is -2.47. The van der Waals surface area contributed by atoms with E-state index < -0.39 is 5.97 Å². The van der Waals surface area contributed by atoms with Crippen LogP contribution in [0, 0.1) is 0 Å². The van der Waals surface area contributed by atoms with E-state index in [1.807, 2.05) is 7.05 Å². The van der Waals surface area contributed by atoms with E-state index in [-0.39, 0.29) is 17.2 Å². The summed E-state index contributed by atoms with van der Waals surface area (Å²) in [5.41, 5.74) is 6.23. The van der Waals surface area contributed by atoms with Crippen molar-refractivity contribution in [3.8, 4) is 0 Å². The van der Waals surface area contributed by atoms with Gasteiger partial charge in [0.15, 0.2) is 0 Å². The van der Waals surface area contributed by atoms with Gasteiger partial charge in [0.05, 0.1) is 5.56 Å². The topological polar surface area (TPSA) is 86.9 Å². The van der Waals surface area contributed by atoms with E-state index in [0.717, 1.165) is 13.1 Å². The Morgan fingerprint density at radius 3 is 2.37 bits per heavy atom. The number of likely N-dealkylation sites (N-methyl/N-ethyl adjacent to an activating group) is 1. The lowest BCUT2D eigenvalue weighted by atomic mass is 10.1. The van der Waals surface area contributed by atoms with Gasteiger partial charge in [0, 0.05) is 37.4 Å². The molecule has 0 radical (unpaired) electrons. The summed E-state index contributed by atoms with van der Waals surface area (Å²) in [5, 5.41) is 8.89. The number of carboxylic acid groups (broad SMARTS) is 1. The zero-order chi connectivity index (χ0) is 14.0. The highest BCUT2D eigenvalue weighted by molar-refractivity contribution is 5.99. The molecule has 1 aromatic carbocycles. The van der Waals surface area contributed by atoms with Crippen molar-refractivity contribution in [3.63, 3.8) is 0 Å². The highest BCUT2D eigenvalue weighted by atomic mass is 16.4. The van der Waals surface area contributed by atoms with Gasteiger partial charge in [0.25, 0.3) is 5.91 Å². The third-order valence-electron chi connectivity index (χ3n) is 3.32. The number of carboxylic acids is 1. The molecule has 1 fully saturated rings. The SMILES string of the molecule is CN1CCN(C(=O)c2ccc(C(=O)O)c(N)c2)CC1. The Hall–Kier alpha value is -2.08. The summed E-state index contributed by atoms with van der Waals surface area (Å²) in [6, 6.07) is 4.32. The van der Waals surface area contributed by atoms with E-state index in [2.05, 4.69) is 4.90 Å².